The van der Waals surface area contributed by atoms with Crippen molar-refractivity contribution in [3.8, 4) is 0 Å². The van der Waals surface area contributed by atoms with Gasteiger partial charge in [-0.1, -0.05) is 0 Å². The van der Waals surface area contributed by atoms with E-state index in [0.29, 0.717) is 35.5 Å². The van der Waals surface area contributed by atoms with E-state index < -0.39 is 21.8 Å². The average molecular weight is 481 g/mol. The summed E-state index contributed by atoms with van der Waals surface area (Å²) in [6.45, 7) is 2.87. The number of carbonyl (C=O) groups is 2. The highest BCUT2D eigenvalue weighted by Crippen LogP contribution is 2.36. The van der Waals surface area contributed by atoms with Crippen LogP contribution in [0.5, 0.6) is 0 Å². The number of pyridine rings is 1. The minimum absolute atomic E-state index is 0.0591. The molecule has 0 N–H and O–H groups in total. The lowest BCUT2D eigenvalue weighted by molar-refractivity contribution is 0.0730. The van der Waals surface area contributed by atoms with Gasteiger partial charge >= 0.3 is 0 Å². The summed E-state index contributed by atoms with van der Waals surface area (Å²) in [4.78, 5) is 34.5. The second-order valence-corrected chi connectivity index (χ2v) is 10.4. The highest BCUT2D eigenvalue weighted by atomic mass is 32.2. The number of anilines is 2. The molecule has 3 aromatic rings. The van der Waals surface area contributed by atoms with Crippen LogP contribution in [0.4, 0.5) is 11.4 Å². The molecule has 0 unspecified atom stereocenters. The van der Waals surface area contributed by atoms with Crippen LogP contribution in [0.3, 0.4) is 0 Å². The van der Waals surface area contributed by atoms with Crippen molar-refractivity contribution in [3.63, 3.8) is 0 Å². The van der Waals surface area contributed by atoms with Gasteiger partial charge in [-0.2, -0.15) is 4.31 Å². The van der Waals surface area contributed by atoms with Crippen LogP contribution < -0.4 is 9.80 Å². The molecule has 2 amide bonds. The molecule has 2 aliphatic rings. The Morgan fingerprint density at radius 3 is 2.24 bits per heavy atom. The zero-order chi connectivity index (χ0) is 24.2. The zero-order valence-electron chi connectivity index (χ0n) is 19.1. The smallest absolute Gasteiger partial charge is 0.268 e. The number of nitrogens with zero attached hydrogens (tertiary/aromatic N) is 4. The maximum atomic E-state index is 13.5. The van der Waals surface area contributed by atoms with Gasteiger partial charge in [0.15, 0.2) is 0 Å². The van der Waals surface area contributed by atoms with E-state index in [2.05, 4.69) is 4.98 Å². The minimum Gasteiger partial charge on any atom is -0.379 e. The van der Waals surface area contributed by atoms with E-state index in [1.54, 1.807) is 25.1 Å². The summed E-state index contributed by atoms with van der Waals surface area (Å²) >= 11 is 0. The average Bonchev–Trinajstić information content (AvgIpc) is 3.10. The van der Waals surface area contributed by atoms with Crippen molar-refractivity contribution in [1.29, 1.82) is 0 Å². The number of amides is 2. The second kappa shape index (κ2) is 8.15. The first-order chi connectivity index (χ1) is 16.2. The number of aromatic nitrogens is 1. The fraction of sp³-hybridized carbons (Fsp3) is 0.292. The van der Waals surface area contributed by atoms with Gasteiger partial charge in [-0.15, -0.1) is 0 Å². The second-order valence-electron chi connectivity index (χ2n) is 8.50. The van der Waals surface area contributed by atoms with Crippen molar-refractivity contribution in [3.05, 3.63) is 59.3 Å². The van der Waals surface area contributed by atoms with Crippen molar-refractivity contribution in [2.45, 2.75) is 11.8 Å². The van der Waals surface area contributed by atoms with Crippen LogP contribution in [0.2, 0.25) is 0 Å². The summed E-state index contributed by atoms with van der Waals surface area (Å²) in [5.41, 5.74) is 2.65. The molecule has 176 valence electrons. The number of aryl methyl sites for hydroxylation is 1. The first kappa shape index (κ1) is 22.5. The summed E-state index contributed by atoms with van der Waals surface area (Å²) < 4.78 is 33.0. The van der Waals surface area contributed by atoms with Crippen molar-refractivity contribution in [2.24, 2.45) is 0 Å². The standard InChI is InChI=1S/C24H24N4O5S/c1-15-21-22(24(30)28(23(21)29)17-6-4-16(5-7-17)26(2)3)19-14-18(8-9-20(19)25-15)34(31,32)27-10-12-33-13-11-27/h4-9,14H,10-13H2,1-3H3. The molecule has 3 heterocycles. The molecule has 0 saturated carbocycles. The molecule has 0 bridgehead atoms. The van der Waals surface area contributed by atoms with Gasteiger partial charge < -0.3 is 9.64 Å². The molecule has 9 nitrogen and oxygen atoms in total. The van der Waals surface area contributed by atoms with Crippen LogP contribution in [-0.4, -0.2) is 69.9 Å². The molecule has 1 saturated heterocycles. The van der Waals surface area contributed by atoms with Gasteiger partial charge in [-0.3, -0.25) is 14.6 Å². The Labute approximate surface area is 197 Å². The molecule has 2 aliphatic heterocycles. The predicted molar refractivity (Wildman–Crippen MR) is 128 cm³/mol. The summed E-state index contributed by atoms with van der Waals surface area (Å²) in [5, 5.41) is 0.348. The van der Waals surface area contributed by atoms with Gasteiger partial charge in [-0.25, -0.2) is 13.3 Å². The lowest BCUT2D eigenvalue weighted by Crippen LogP contribution is -2.40. The lowest BCUT2D eigenvalue weighted by atomic mass is 10.0. The monoisotopic (exact) mass is 480 g/mol. The number of morpholine rings is 1. The maximum Gasteiger partial charge on any atom is 0.268 e. The molecule has 34 heavy (non-hydrogen) atoms. The predicted octanol–water partition coefficient (Wildman–Crippen LogP) is 2.43. The fourth-order valence-electron chi connectivity index (χ4n) is 4.40. The Kier molecular flexibility index (Phi) is 5.38. The lowest BCUT2D eigenvalue weighted by Gasteiger charge is -2.26. The minimum atomic E-state index is -3.78. The molecule has 1 aromatic heterocycles. The van der Waals surface area contributed by atoms with Crippen molar-refractivity contribution in [2.75, 3.05) is 50.2 Å². The van der Waals surface area contributed by atoms with Crippen molar-refractivity contribution >= 4 is 44.1 Å². The van der Waals surface area contributed by atoms with Gasteiger partial charge in [0.05, 0.1) is 46.1 Å². The number of fused-ring (bicyclic) bond motifs is 3. The Morgan fingerprint density at radius 2 is 1.59 bits per heavy atom. The Balaban J connectivity index is 1.63. The van der Waals surface area contributed by atoms with Gasteiger partial charge in [0.1, 0.15) is 0 Å². The van der Waals surface area contributed by atoms with Crippen LogP contribution in [0.1, 0.15) is 26.4 Å². The summed E-state index contributed by atoms with van der Waals surface area (Å²) in [7, 11) is 0.0274. The maximum absolute atomic E-state index is 13.5. The van der Waals surface area contributed by atoms with Gasteiger partial charge in [0, 0.05) is 38.3 Å². The molecule has 0 spiro atoms. The Hall–Kier alpha value is -3.34. The van der Waals surface area contributed by atoms with Gasteiger partial charge in [-0.05, 0) is 49.4 Å². The summed E-state index contributed by atoms with van der Waals surface area (Å²) in [6.07, 6.45) is 0. The number of imide groups is 1. The number of sulfonamides is 1. The Bertz CT molecular complexity index is 1430. The highest BCUT2D eigenvalue weighted by Gasteiger charge is 2.40. The van der Waals surface area contributed by atoms with Crippen LogP contribution in [-0.2, 0) is 14.8 Å². The van der Waals surface area contributed by atoms with Gasteiger partial charge in [0.25, 0.3) is 11.8 Å². The molecule has 2 aromatic carbocycles. The zero-order valence-corrected chi connectivity index (χ0v) is 19.9. The van der Waals surface area contributed by atoms with E-state index in [0.717, 1.165) is 10.6 Å². The fourth-order valence-corrected chi connectivity index (χ4v) is 5.83. The number of hydrogen-bond acceptors (Lipinski definition) is 7. The molecular weight excluding hydrogens is 456 g/mol. The van der Waals surface area contributed by atoms with Crippen LogP contribution in [0.25, 0.3) is 10.9 Å². The molecule has 0 aliphatic carbocycles. The van der Waals surface area contributed by atoms with E-state index in [1.807, 2.05) is 31.1 Å². The number of ether oxygens (including phenoxy) is 1. The highest BCUT2D eigenvalue weighted by molar-refractivity contribution is 7.89. The number of benzene rings is 2. The SMILES string of the molecule is Cc1nc2ccc(S(=O)(=O)N3CCOCC3)cc2c2c1C(=O)N(c1ccc(N(C)C)cc1)C2=O. The quantitative estimate of drug-likeness (QED) is 0.529. The van der Waals surface area contributed by atoms with Crippen molar-refractivity contribution in [1.82, 2.24) is 9.29 Å². The van der Waals surface area contributed by atoms with E-state index in [9.17, 15) is 18.0 Å². The first-order valence-corrected chi connectivity index (χ1v) is 12.3. The van der Waals surface area contributed by atoms with Gasteiger partial charge in [0.2, 0.25) is 10.0 Å². The molecule has 0 radical (unpaired) electrons. The molecule has 0 atom stereocenters. The van der Waals surface area contributed by atoms with E-state index in [1.165, 1.54) is 16.4 Å². The van der Waals surface area contributed by atoms with Crippen LogP contribution >= 0.6 is 0 Å². The van der Waals surface area contributed by atoms with E-state index in [-0.39, 0.29) is 29.1 Å². The number of rotatable bonds is 4. The van der Waals surface area contributed by atoms with E-state index in [4.69, 9.17) is 4.74 Å². The molecular formula is C24H24N4O5S. The molecule has 1 fully saturated rings. The van der Waals surface area contributed by atoms with Crippen molar-refractivity contribution < 1.29 is 22.7 Å². The third-order valence-corrected chi connectivity index (χ3v) is 8.10. The molecule has 5 rings (SSSR count). The topological polar surface area (TPSA) is 100 Å². The first-order valence-electron chi connectivity index (χ1n) is 10.9. The summed E-state index contributed by atoms with van der Waals surface area (Å²) in [5.74, 6) is -0.958. The van der Waals surface area contributed by atoms with E-state index >= 15 is 0 Å². The normalized spacial score (nSPS) is 16.9. The third-order valence-electron chi connectivity index (χ3n) is 6.20. The summed E-state index contributed by atoms with van der Waals surface area (Å²) in [6, 6.07) is 11.6. The molecule has 10 heteroatoms. The Morgan fingerprint density at radius 1 is 0.941 bits per heavy atom. The largest absolute Gasteiger partial charge is 0.379 e. The third kappa shape index (κ3) is 3.46. The number of hydrogen-bond donors (Lipinski definition) is 0. The van der Waals surface area contributed by atoms with Crippen LogP contribution in [0.15, 0.2) is 47.4 Å². The van der Waals surface area contributed by atoms with Crippen LogP contribution in [0, 0.1) is 6.92 Å². The number of carbonyl (C=O) groups excluding carboxylic acids is 2.